The first-order chi connectivity index (χ1) is 13.2. The Kier molecular flexibility index (Phi) is 5.71. The van der Waals surface area contributed by atoms with Crippen molar-refractivity contribution in [1.29, 1.82) is 0 Å². The van der Waals surface area contributed by atoms with Crippen LogP contribution in [0.15, 0.2) is 54.6 Å². The number of hydrogen-bond donors (Lipinski definition) is 1. The molecule has 2 saturated heterocycles. The van der Waals surface area contributed by atoms with E-state index in [9.17, 15) is 5.11 Å². The average molecular weight is 372 g/mol. The van der Waals surface area contributed by atoms with Gasteiger partial charge in [-0.15, -0.1) is 0 Å². The van der Waals surface area contributed by atoms with Gasteiger partial charge >= 0.3 is 0 Å². The van der Waals surface area contributed by atoms with E-state index in [1.807, 2.05) is 54.6 Å². The second kappa shape index (κ2) is 8.37. The molecule has 1 N–H and O–H groups in total. The number of fused-ring (bicyclic) bond motifs is 2. The fourth-order valence-electron chi connectivity index (χ4n) is 3.43. The molecule has 6 heteroatoms. The first-order valence-corrected chi connectivity index (χ1v) is 9.10. The van der Waals surface area contributed by atoms with Crippen LogP contribution < -0.4 is 4.74 Å². The van der Waals surface area contributed by atoms with E-state index < -0.39 is 24.6 Å². The fraction of sp³-hybridized carbons (Fsp3) is 0.429. The monoisotopic (exact) mass is 372 g/mol. The van der Waals surface area contributed by atoms with Crippen molar-refractivity contribution in [1.82, 2.24) is 0 Å². The molecule has 2 aliphatic rings. The Balaban J connectivity index is 1.43. The second-order valence-electron chi connectivity index (χ2n) is 6.75. The Morgan fingerprint density at radius 1 is 0.926 bits per heavy atom. The molecule has 2 heterocycles. The van der Waals surface area contributed by atoms with E-state index in [0.717, 1.165) is 16.9 Å². The third-order valence-corrected chi connectivity index (χ3v) is 4.93. The van der Waals surface area contributed by atoms with Gasteiger partial charge in [-0.25, -0.2) is 0 Å². The summed E-state index contributed by atoms with van der Waals surface area (Å²) in [6.45, 7) is 1.17. The van der Waals surface area contributed by atoms with Crippen molar-refractivity contribution in [2.45, 2.75) is 43.9 Å². The predicted octanol–water partition coefficient (Wildman–Crippen LogP) is 2.28. The van der Waals surface area contributed by atoms with Gasteiger partial charge in [0.1, 0.15) is 30.2 Å². The summed E-state index contributed by atoms with van der Waals surface area (Å²) < 4.78 is 28.6. The molecule has 0 aromatic heterocycles. The summed E-state index contributed by atoms with van der Waals surface area (Å²) in [6, 6.07) is 17.6. The van der Waals surface area contributed by atoms with E-state index in [2.05, 4.69) is 0 Å². The van der Waals surface area contributed by atoms with Gasteiger partial charge in [-0.05, 0) is 23.3 Å². The minimum Gasteiger partial charge on any atom is -0.497 e. The van der Waals surface area contributed by atoms with Crippen LogP contribution in [-0.2, 0) is 32.2 Å². The molecule has 0 aliphatic carbocycles. The molecular formula is C21H24O6. The highest BCUT2D eigenvalue weighted by atomic mass is 16.7. The Morgan fingerprint density at radius 3 is 2.30 bits per heavy atom. The van der Waals surface area contributed by atoms with E-state index in [1.54, 1.807) is 7.11 Å². The zero-order valence-electron chi connectivity index (χ0n) is 15.2. The molecule has 2 aromatic carbocycles. The molecule has 144 valence electrons. The van der Waals surface area contributed by atoms with Crippen LogP contribution in [0.5, 0.6) is 5.75 Å². The van der Waals surface area contributed by atoms with Gasteiger partial charge in [0.25, 0.3) is 0 Å². The molecule has 6 nitrogen and oxygen atoms in total. The van der Waals surface area contributed by atoms with Gasteiger partial charge in [0.05, 0.1) is 26.9 Å². The largest absolute Gasteiger partial charge is 0.497 e. The standard InChI is InChI=1S/C21H24O6/c1-23-16-9-7-15(8-10-16)12-25-20-18(22)21-26-13-17(27-21)19(20)24-11-14-5-3-2-4-6-14/h2-10,17-22H,11-13H2,1H3/t17-,18+,19-,20-,21+/m1/s1. The number of benzene rings is 2. The van der Waals surface area contributed by atoms with Crippen LogP contribution in [0.3, 0.4) is 0 Å². The zero-order valence-corrected chi connectivity index (χ0v) is 15.2. The highest BCUT2D eigenvalue weighted by Gasteiger charge is 2.51. The summed E-state index contributed by atoms with van der Waals surface area (Å²) in [5.74, 6) is 0.792. The lowest BCUT2D eigenvalue weighted by atomic mass is 10.0. The molecule has 2 aliphatic heterocycles. The van der Waals surface area contributed by atoms with E-state index in [4.69, 9.17) is 23.7 Å². The van der Waals surface area contributed by atoms with Gasteiger partial charge in [0.2, 0.25) is 0 Å². The molecule has 27 heavy (non-hydrogen) atoms. The summed E-state index contributed by atoms with van der Waals surface area (Å²) in [5, 5.41) is 10.6. The zero-order chi connectivity index (χ0) is 18.6. The minimum absolute atomic E-state index is 0.247. The molecule has 0 spiro atoms. The summed E-state index contributed by atoms with van der Waals surface area (Å²) >= 11 is 0. The van der Waals surface area contributed by atoms with Crippen LogP contribution in [0.25, 0.3) is 0 Å². The van der Waals surface area contributed by atoms with Crippen LogP contribution in [-0.4, -0.2) is 49.5 Å². The van der Waals surface area contributed by atoms with Crippen molar-refractivity contribution < 1.29 is 28.8 Å². The van der Waals surface area contributed by atoms with Crippen molar-refractivity contribution >= 4 is 0 Å². The molecule has 5 atom stereocenters. The number of ether oxygens (including phenoxy) is 5. The maximum atomic E-state index is 10.6. The Morgan fingerprint density at radius 2 is 1.59 bits per heavy atom. The molecule has 0 radical (unpaired) electrons. The summed E-state index contributed by atoms with van der Waals surface area (Å²) in [5.41, 5.74) is 2.05. The number of aliphatic hydroxyl groups is 1. The third kappa shape index (κ3) is 4.15. The van der Waals surface area contributed by atoms with Gasteiger partial charge in [0.15, 0.2) is 6.29 Å². The highest BCUT2D eigenvalue weighted by Crippen LogP contribution is 2.32. The van der Waals surface area contributed by atoms with Crippen molar-refractivity contribution in [3.05, 3.63) is 65.7 Å². The first kappa shape index (κ1) is 18.4. The van der Waals surface area contributed by atoms with Crippen molar-refractivity contribution in [2.75, 3.05) is 13.7 Å². The lowest BCUT2D eigenvalue weighted by Crippen LogP contribution is -2.55. The molecule has 0 amide bonds. The SMILES string of the molecule is COc1ccc(CO[C@@H]2[C@H](O)[C@H]3OC[C@@H](O3)[C@H]2OCc2ccccc2)cc1. The smallest absolute Gasteiger partial charge is 0.186 e. The minimum atomic E-state index is -0.900. The number of methoxy groups -OCH3 is 1. The summed E-state index contributed by atoms with van der Waals surface area (Å²) in [6.07, 6.45) is -2.74. The topological polar surface area (TPSA) is 66.4 Å². The van der Waals surface area contributed by atoms with Gasteiger partial charge in [-0.3, -0.25) is 0 Å². The van der Waals surface area contributed by atoms with Crippen LogP contribution in [0, 0.1) is 0 Å². The second-order valence-corrected chi connectivity index (χ2v) is 6.75. The fourth-order valence-corrected chi connectivity index (χ4v) is 3.43. The maximum absolute atomic E-state index is 10.6. The van der Waals surface area contributed by atoms with Crippen LogP contribution in [0.4, 0.5) is 0 Å². The first-order valence-electron chi connectivity index (χ1n) is 9.10. The van der Waals surface area contributed by atoms with Gasteiger partial charge in [-0.1, -0.05) is 42.5 Å². The number of rotatable bonds is 7. The molecule has 2 bridgehead atoms. The van der Waals surface area contributed by atoms with Crippen molar-refractivity contribution in [3.8, 4) is 5.75 Å². The van der Waals surface area contributed by atoms with E-state index in [-0.39, 0.29) is 6.10 Å². The molecule has 2 aromatic rings. The summed E-state index contributed by atoms with van der Waals surface area (Å²) in [7, 11) is 1.63. The lowest BCUT2D eigenvalue weighted by Gasteiger charge is -2.38. The van der Waals surface area contributed by atoms with Gasteiger partial charge in [-0.2, -0.15) is 0 Å². The average Bonchev–Trinajstić information content (AvgIpc) is 3.16. The van der Waals surface area contributed by atoms with E-state index in [0.29, 0.717) is 19.8 Å². The third-order valence-electron chi connectivity index (χ3n) is 4.93. The van der Waals surface area contributed by atoms with E-state index >= 15 is 0 Å². The quantitative estimate of drug-likeness (QED) is 0.804. The molecule has 2 fully saturated rings. The van der Waals surface area contributed by atoms with Crippen molar-refractivity contribution in [2.24, 2.45) is 0 Å². The van der Waals surface area contributed by atoms with Gasteiger partial charge in [0, 0.05) is 0 Å². The van der Waals surface area contributed by atoms with E-state index in [1.165, 1.54) is 0 Å². The van der Waals surface area contributed by atoms with Gasteiger partial charge < -0.3 is 28.8 Å². The number of hydrogen-bond acceptors (Lipinski definition) is 6. The Bertz CT molecular complexity index is 719. The normalized spacial score (nSPS) is 29.6. The van der Waals surface area contributed by atoms with Crippen molar-refractivity contribution in [3.63, 3.8) is 0 Å². The van der Waals surface area contributed by atoms with Crippen LogP contribution >= 0.6 is 0 Å². The molecule has 0 saturated carbocycles. The predicted molar refractivity (Wildman–Crippen MR) is 97.2 cm³/mol. The van der Waals surface area contributed by atoms with Crippen LogP contribution in [0.2, 0.25) is 0 Å². The Hall–Kier alpha value is -1.96. The number of aliphatic hydroxyl groups excluding tert-OH is 1. The molecule has 4 rings (SSSR count). The van der Waals surface area contributed by atoms with Crippen LogP contribution in [0.1, 0.15) is 11.1 Å². The molecular weight excluding hydrogens is 348 g/mol. The molecule has 0 unspecified atom stereocenters. The summed E-state index contributed by atoms with van der Waals surface area (Å²) in [4.78, 5) is 0. The lowest BCUT2D eigenvalue weighted by molar-refractivity contribution is -0.254. The maximum Gasteiger partial charge on any atom is 0.186 e. The Labute approximate surface area is 158 Å². The highest BCUT2D eigenvalue weighted by molar-refractivity contribution is 5.26.